The van der Waals surface area contributed by atoms with Crippen LogP contribution >= 0.6 is 11.6 Å². The van der Waals surface area contributed by atoms with Gasteiger partial charge in [0.15, 0.2) is 11.6 Å². The first kappa shape index (κ1) is 14.7. The van der Waals surface area contributed by atoms with Gasteiger partial charge in [0.2, 0.25) is 0 Å². The first-order chi connectivity index (χ1) is 9.93. The number of benzene rings is 1. The number of nitrogens with zero attached hydrogens (tertiary/aromatic N) is 2. The van der Waals surface area contributed by atoms with E-state index in [0.717, 1.165) is 6.07 Å². The first-order valence-electron chi connectivity index (χ1n) is 6.54. The SMILES string of the molecule is O=S1(=O)CCC(n2c(CCl)nc3ccc(F)c(F)c32)CC1. The van der Waals surface area contributed by atoms with Crippen LogP contribution in [0.1, 0.15) is 24.7 Å². The number of alkyl halides is 1. The van der Waals surface area contributed by atoms with Gasteiger partial charge in [0.25, 0.3) is 0 Å². The van der Waals surface area contributed by atoms with E-state index in [1.807, 2.05) is 0 Å². The maximum absolute atomic E-state index is 14.1. The van der Waals surface area contributed by atoms with Crippen molar-refractivity contribution in [2.75, 3.05) is 11.5 Å². The van der Waals surface area contributed by atoms with Crippen molar-refractivity contribution in [3.8, 4) is 0 Å². The lowest BCUT2D eigenvalue weighted by Crippen LogP contribution is -2.26. The van der Waals surface area contributed by atoms with E-state index in [-0.39, 0.29) is 28.9 Å². The number of halogens is 3. The van der Waals surface area contributed by atoms with Crippen LogP contribution in [0, 0.1) is 11.6 Å². The Morgan fingerprint density at radius 3 is 2.57 bits per heavy atom. The number of aromatic nitrogens is 2. The summed E-state index contributed by atoms with van der Waals surface area (Å²) in [7, 11) is -3.03. The molecule has 2 aromatic rings. The molecule has 1 aromatic carbocycles. The van der Waals surface area contributed by atoms with E-state index in [9.17, 15) is 17.2 Å². The predicted octanol–water partition coefficient (Wildman–Crippen LogP) is 2.80. The normalized spacial score (nSPS) is 19.2. The predicted molar refractivity (Wildman–Crippen MR) is 76.1 cm³/mol. The second-order valence-electron chi connectivity index (χ2n) is 5.14. The maximum Gasteiger partial charge on any atom is 0.184 e. The molecule has 1 aliphatic heterocycles. The van der Waals surface area contributed by atoms with E-state index in [1.54, 1.807) is 4.57 Å². The number of rotatable bonds is 2. The molecule has 1 saturated heterocycles. The van der Waals surface area contributed by atoms with Gasteiger partial charge >= 0.3 is 0 Å². The fraction of sp³-hybridized carbons (Fsp3) is 0.462. The van der Waals surface area contributed by atoms with Crippen LogP contribution in [0.5, 0.6) is 0 Å². The molecule has 114 valence electrons. The Morgan fingerprint density at radius 1 is 1.29 bits per heavy atom. The van der Waals surface area contributed by atoms with Crippen molar-refractivity contribution in [2.45, 2.75) is 24.8 Å². The minimum Gasteiger partial charge on any atom is -0.321 e. The van der Waals surface area contributed by atoms with Gasteiger partial charge < -0.3 is 4.57 Å². The monoisotopic (exact) mass is 334 g/mol. The zero-order valence-corrected chi connectivity index (χ0v) is 12.6. The van der Waals surface area contributed by atoms with Gasteiger partial charge in [-0.25, -0.2) is 22.2 Å². The Balaban J connectivity index is 2.14. The van der Waals surface area contributed by atoms with E-state index in [4.69, 9.17) is 11.6 Å². The molecule has 0 N–H and O–H groups in total. The molecule has 8 heteroatoms. The molecule has 1 aliphatic rings. The molecule has 0 amide bonds. The number of sulfone groups is 1. The Labute approximate surface area is 125 Å². The lowest BCUT2D eigenvalue weighted by Gasteiger charge is -2.25. The molecule has 0 atom stereocenters. The van der Waals surface area contributed by atoms with Gasteiger partial charge in [-0.1, -0.05) is 0 Å². The van der Waals surface area contributed by atoms with Gasteiger partial charge in [0.05, 0.1) is 22.9 Å². The van der Waals surface area contributed by atoms with Crippen LogP contribution in [0.4, 0.5) is 8.78 Å². The highest BCUT2D eigenvalue weighted by atomic mass is 35.5. The molecular formula is C13H13ClF2N2O2S. The number of hydrogen-bond acceptors (Lipinski definition) is 3. The summed E-state index contributed by atoms with van der Waals surface area (Å²) in [6, 6.07) is 2.20. The Bertz CT molecular complexity index is 790. The number of imidazole rings is 1. The summed E-state index contributed by atoms with van der Waals surface area (Å²) >= 11 is 5.85. The summed E-state index contributed by atoms with van der Waals surface area (Å²) in [5, 5.41) is 0. The molecule has 0 bridgehead atoms. The quantitative estimate of drug-likeness (QED) is 0.794. The van der Waals surface area contributed by atoms with Crippen LogP contribution < -0.4 is 0 Å². The van der Waals surface area contributed by atoms with Crippen LogP contribution in [-0.2, 0) is 15.7 Å². The molecule has 3 rings (SSSR count). The summed E-state index contributed by atoms with van der Waals surface area (Å²) in [6.45, 7) is 0. The Hall–Kier alpha value is -1.21. The van der Waals surface area contributed by atoms with Crippen LogP contribution in [0.25, 0.3) is 11.0 Å². The second-order valence-corrected chi connectivity index (χ2v) is 7.71. The van der Waals surface area contributed by atoms with Crippen molar-refractivity contribution in [1.82, 2.24) is 9.55 Å². The molecule has 4 nitrogen and oxygen atoms in total. The van der Waals surface area contributed by atoms with Gasteiger partial charge in [-0.3, -0.25) is 0 Å². The van der Waals surface area contributed by atoms with Crippen molar-refractivity contribution >= 4 is 32.5 Å². The number of hydrogen-bond donors (Lipinski definition) is 0. The average Bonchev–Trinajstić information content (AvgIpc) is 2.82. The van der Waals surface area contributed by atoms with Gasteiger partial charge in [-0.15, -0.1) is 11.6 Å². The highest BCUT2D eigenvalue weighted by Gasteiger charge is 2.29. The zero-order valence-electron chi connectivity index (χ0n) is 11.0. The molecule has 0 saturated carbocycles. The summed E-state index contributed by atoms with van der Waals surface area (Å²) < 4.78 is 52.2. The van der Waals surface area contributed by atoms with Gasteiger partial charge in [-0.05, 0) is 25.0 Å². The van der Waals surface area contributed by atoms with Crippen molar-refractivity contribution in [2.24, 2.45) is 0 Å². The van der Waals surface area contributed by atoms with E-state index >= 15 is 0 Å². The highest BCUT2D eigenvalue weighted by Crippen LogP contribution is 2.32. The van der Waals surface area contributed by atoms with Crippen LogP contribution in [0.15, 0.2) is 12.1 Å². The first-order valence-corrected chi connectivity index (χ1v) is 8.90. The topological polar surface area (TPSA) is 52.0 Å². The van der Waals surface area contributed by atoms with Crippen molar-refractivity contribution in [1.29, 1.82) is 0 Å². The summed E-state index contributed by atoms with van der Waals surface area (Å²) in [4.78, 5) is 4.22. The minimum atomic E-state index is -3.03. The fourth-order valence-corrected chi connectivity index (χ4v) is 4.45. The molecule has 0 unspecified atom stereocenters. The van der Waals surface area contributed by atoms with Crippen molar-refractivity contribution in [3.63, 3.8) is 0 Å². The van der Waals surface area contributed by atoms with E-state index < -0.39 is 21.5 Å². The van der Waals surface area contributed by atoms with Crippen molar-refractivity contribution < 1.29 is 17.2 Å². The summed E-state index contributed by atoms with van der Waals surface area (Å²) in [6.07, 6.45) is 0.710. The average molecular weight is 335 g/mol. The van der Waals surface area contributed by atoms with Gasteiger partial charge in [-0.2, -0.15) is 0 Å². The largest absolute Gasteiger partial charge is 0.321 e. The van der Waals surface area contributed by atoms with E-state index in [0.29, 0.717) is 24.2 Å². The molecule has 0 spiro atoms. The van der Waals surface area contributed by atoms with Crippen LogP contribution in [0.3, 0.4) is 0 Å². The Kier molecular flexibility index (Phi) is 3.65. The second kappa shape index (κ2) is 5.21. The summed E-state index contributed by atoms with van der Waals surface area (Å²) in [5.41, 5.74) is 0.396. The van der Waals surface area contributed by atoms with Crippen molar-refractivity contribution in [3.05, 3.63) is 29.6 Å². The van der Waals surface area contributed by atoms with E-state index in [2.05, 4.69) is 4.98 Å². The Morgan fingerprint density at radius 2 is 1.95 bits per heavy atom. The maximum atomic E-state index is 14.1. The molecule has 0 aliphatic carbocycles. The minimum absolute atomic E-state index is 0.0377. The lowest BCUT2D eigenvalue weighted by atomic mass is 10.1. The molecule has 0 radical (unpaired) electrons. The zero-order chi connectivity index (χ0) is 15.2. The standard InChI is InChI=1S/C13H13ClF2N2O2S/c14-7-11-17-10-2-1-9(15)12(16)13(10)18(11)8-3-5-21(19,20)6-4-8/h1-2,8H,3-7H2. The highest BCUT2D eigenvalue weighted by molar-refractivity contribution is 7.91. The van der Waals surface area contributed by atoms with Crippen LogP contribution in [0.2, 0.25) is 0 Å². The fourth-order valence-electron chi connectivity index (χ4n) is 2.79. The molecular weight excluding hydrogens is 322 g/mol. The third-order valence-corrected chi connectivity index (χ3v) is 5.78. The lowest BCUT2D eigenvalue weighted by molar-refractivity contribution is 0.441. The molecule has 2 heterocycles. The van der Waals surface area contributed by atoms with E-state index in [1.165, 1.54) is 6.07 Å². The molecule has 1 fully saturated rings. The smallest absolute Gasteiger partial charge is 0.184 e. The third kappa shape index (κ3) is 2.53. The molecule has 21 heavy (non-hydrogen) atoms. The summed E-state index contributed by atoms with van der Waals surface area (Å²) in [5.74, 6) is -1.36. The molecule has 1 aromatic heterocycles. The van der Waals surface area contributed by atoms with Gasteiger partial charge in [0.1, 0.15) is 21.2 Å². The third-order valence-electron chi connectivity index (χ3n) is 3.83. The van der Waals surface area contributed by atoms with Gasteiger partial charge in [0, 0.05) is 6.04 Å². The number of fused-ring (bicyclic) bond motifs is 1. The van der Waals surface area contributed by atoms with Crippen LogP contribution in [-0.4, -0.2) is 29.5 Å².